The van der Waals surface area contributed by atoms with E-state index in [9.17, 15) is 19.2 Å². The fraction of sp³-hybridized carbons (Fsp3) is 0.360. The molecule has 10 heteroatoms. The highest BCUT2D eigenvalue weighted by Gasteiger charge is 2.21. The number of para-hydroxylation sites is 1. The third-order valence-corrected chi connectivity index (χ3v) is 5.54. The Morgan fingerprint density at radius 1 is 0.971 bits per heavy atom. The minimum Gasteiger partial charge on any atom is -0.495 e. The predicted octanol–water partition coefficient (Wildman–Crippen LogP) is 3.48. The Bertz CT molecular complexity index is 1400. The molecule has 0 aliphatic heterocycles. The van der Waals surface area contributed by atoms with E-state index in [0.29, 0.717) is 11.5 Å². The number of rotatable bonds is 8. The van der Waals surface area contributed by atoms with E-state index in [0.717, 1.165) is 4.57 Å². The molecule has 1 heterocycles. The molecule has 1 amide bonds. The molecular weight excluding hydrogens is 474 g/mol. The summed E-state index contributed by atoms with van der Waals surface area (Å²) in [4.78, 5) is 51.8. The first-order chi connectivity index (χ1) is 16.4. The van der Waals surface area contributed by atoms with Crippen LogP contribution in [-0.4, -0.2) is 35.0 Å². The van der Waals surface area contributed by atoms with Crippen LogP contribution in [0.1, 0.15) is 27.2 Å². The molecule has 0 unspecified atom stereocenters. The van der Waals surface area contributed by atoms with Gasteiger partial charge in [0.15, 0.2) is 5.78 Å². The van der Waals surface area contributed by atoms with Crippen molar-refractivity contribution in [2.75, 3.05) is 19.5 Å². The number of amides is 1. The lowest BCUT2D eigenvalue weighted by Gasteiger charge is -2.18. The van der Waals surface area contributed by atoms with E-state index >= 15 is 0 Å². The van der Waals surface area contributed by atoms with Gasteiger partial charge >= 0.3 is 5.69 Å². The van der Waals surface area contributed by atoms with E-state index in [4.69, 9.17) is 21.1 Å². The van der Waals surface area contributed by atoms with Crippen molar-refractivity contribution in [1.29, 1.82) is 0 Å². The lowest BCUT2D eigenvalue weighted by molar-refractivity contribution is -0.121. The summed E-state index contributed by atoms with van der Waals surface area (Å²) in [6, 6.07) is 9.46. The normalized spacial score (nSPS) is 11.4. The molecule has 3 aromatic rings. The van der Waals surface area contributed by atoms with Gasteiger partial charge in [-0.25, -0.2) is 4.79 Å². The van der Waals surface area contributed by atoms with E-state index in [-0.39, 0.29) is 45.8 Å². The molecule has 0 atom stereocenters. The van der Waals surface area contributed by atoms with Gasteiger partial charge in [-0.1, -0.05) is 44.5 Å². The summed E-state index contributed by atoms with van der Waals surface area (Å²) in [5.41, 5.74) is -1.04. The first kappa shape index (κ1) is 26.0. The molecule has 3 rings (SSSR count). The summed E-state index contributed by atoms with van der Waals surface area (Å²) in [5.74, 6) is -0.117. The average molecular weight is 502 g/mol. The molecule has 35 heavy (non-hydrogen) atoms. The van der Waals surface area contributed by atoms with Gasteiger partial charge < -0.3 is 14.8 Å². The second kappa shape index (κ2) is 10.4. The van der Waals surface area contributed by atoms with Gasteiger partial charge in [0.2, 0.25) is 5.91 Å². The Labute approximate surface area is 207 Å². The van der Waals surface area contributed by atoms with Crippen molar-refractivity contribution in [3.05, 3.63) is 62.3 Å². The third kappa shape index (κ3) is 5.92. The van der Waals surface area contributed by atoms with Crippen LogP contribution in [-0.2, 0) is 22.7 Å². The molecule has 0 bridgehead atoms. The van der Waals surface area contributed by atoms with Crippen molar-refractivity contribution in [1.82, 2.24) is 9.13 Å². The summed E-state index contributed by atoms with van der Waals surface area (Å²) >= 11 is 6.18. The zero-order chi connectivity index (χ0) is 25.9. The number of anilines is 1. The van der Waals surface area contributed by atoms with Crippen LogP contribution in [0.2, 0.25) is 5.02 Å². The average Bonchev–Trinajstić information content (AvgIpc) is 2.78. The maximum atomic E-state index is 13.3. The fourth-order valence-electron chi connectivity index (χ4n) is 3.78. The zero-order valence-corrected chi connectivity index (χ0v) is 21.1. The van der Waals surface area contributed by atoms with Crippen molar-refractivity contribution in [3.63, 3.8) is 0 Å². The second-order valence-electron chi connectivity index (χ2n) is 9.29. The van der Waals surface area contributed by atoms with Crippen molar-refractivity contribution in [2.24, 2.45) is 5.41 Å². The van der Waals surface area contributed by atoms with Gasteiger partial charge in [-0.15, -0.1) is 0 Å². The number of ether oxygens (including phenoxy) is 2. The quantitative estimate of drug-likeness (QED) is 0.506. The first-order valence-electron chi connectivity index (χ1n) is 10.9. The number of nitrogens with zero attached hydrogens (tertiary/aromatic N) is 2. The molecular formula is C25H28ClN3O6. The van der Waals surface area contributed by atoms with E-state index in [1.54, 1.807) is 24.3 Å². The van der Waals surface area contributed by atoms with E-state index in [2.05, 4.69) is 5.32 Å². The van der Waals surface area contributed by atoms with E-state index in [1.807, 2.05) is 20.8 Å². The van der Waals surface area contributed by atoms with Crippen LogP contribution in [0, 0.1) is 5.41 Å². The van der Waals surface area contributed by atoms with E-state index in [1.165, 1.54) is 30.9 Å². The Morgan fingerprint density at radius 3 is 2.26 bits per heavy atom. The van der Waals surface area contributed by atoms with Crippen LogP contribution >= 0.6 is 11.6 Å². The van der Waals surface area contributed by atoms with Crippen molar-refractivity contribution < 1.29 is 19.1 Å². The molecule has 9 nitrogen and oxygen atoms in total. The number of ketones is 1. The lowest BCUT2D eigenvalue weighted by atomic mass is 9.90. The van der Waals surface area contributed by atoms with E-state index < -0.39 is 23.7 Å². The molecule has 0 spiro atoms. The molecule has 0 aliphatic carbocycles. The number of fused-ring (bicyclic) bond motifs is 1. The van der Waals surface area contributed by atoms with Gasteiger partial charge in [0.1, 0.15) is 18.0 Å². The Kier molecular flexibility index (Phi) is 7.70. The molecule has 0 saturated heterocycles. The molecule has 0 radical (unpaired) electrons. The summed E-state index contributed by atoms with van der Waals surface area (Å²) in [7, 11) is 2.89. The summed E-state index contributed by atoms with van der Waals surface area (Å²) in [6.45, 7) is 4.92. The number of hydrogen-bond donors (Lipinski definition) is 1. The van der Waals surface area contributed by atoms with Gasteiger partial charge in [-0.2, -0.15) is 0 Å². The van der Waals surface area contributed by atoms with Crippen molar-refractivity contribution in [2.45, 2.75) is 40.3 Å². The molecule has 1 aromatic heterocycles. The highest BCUT2D eigenvalue weighted by atomic mass is 35.5. The fourth-order valence-corrected chi connectivity index (χ4v) is 4.02. The minimum atomic E-state index is -0.745. The number of hydrogen-bond acceptors (Lipinski definition) is 6. The number of benzene rings is 2. The summed E-state index contributed by atoms with van der Waals surface area (Å²) in [5, 5.41) is 3.17. The number of halogens is 1. The van der Waals surface area contributed by atoms with Crippen LogP contribution < -0.4 is 26.0 Å². The summed E-state index contributed by atoms with van der Waals surface area (Å²) < 4.78 is 12.5. The number of carbonyl (C=O) groups excluding carboxylic acids is 2. The summed E-state index contributed by atoms with van der Waals surface area (Å²) in [6.07, 6.45) is 0.199. The molecule has 0 saturated carbocycles. The zero-order valence-electron chi connectivity index (χ0n) is 20.3. The Morgan fingerprint density at radius 2 is 1.63 bits per heavy atom. The Balaban J connectivity index is 2.01. The van der Waals surface area contributed by atoms with Gasteiger partial charge in [0.05, 0.1) is 42.4 Å². The van der Waals surface area contributed by atoms with Crippen LogP contribution in [0.5, 0.6) is 11.5 Å². The molecule has 2 aromatic carbocycles. The molecule has 186 valence electrons. The van der Waals surface area contributed by atoms with Crippen LogP contribution in [0.25, 0.3) is 10.9 Å². The van der Waals surface area contributed by atoms with Crippen LogP contribution in [0.4, 0.5) is 5.69 Å². The first-order valence-corrected chi connectivity index (χ1v) is 11.3. The topological polar surface area (TPSA) is 109 Å². The second-order valence-corrected chi connectivity index (χ2v) is 9.70. The molecule has 0 aliphatic rings. The highest BCUT2D eigenvalue weighted by Crippen LogP contribution is 2.35. The maximum Gasteiger partial charge on any atom is 0.332 e. The van der Waals surface area contributed by atoms with Crippen LogP contribution in [0.15, 0.2) is 46.0 Å². The van der Waals surface area contributed by atoms with Crippen LogP contribution in [0.3, 0.4) is 0 Å². The third-order valence-electron chi connectivity index (χ3n) is 5.24. The monoisotopic (exact) mass is 501 g/mol. The number of nitrogens with one attached hydrogen (secondary N) is 1. The highest BCUT2D eigenvalue weighted by molar-refractivity contribution is 6.32. The number of Topliss-reactive ketones (excluding diaryl/α,β-unsaturated/α-hetero) is 1. The number of aromatic nitrogens is 2. The predicted molar refractivity (Wildman–Crippen MR) is 135 cm³/mol. The molecule has 1 N–H and O–H groups in total. The molecule has 0 fully saturated rings. The standard InChI is InChI=1S/C25H28ClN3O6/c1-25(2,3)12-15(30)13-29-23(32)16-8-6-7-9-19(16)28(24(29)33)14-22(31)27-18-10-17(26)20(34-4)11-21(18)35-5/h6-11H,12-14H2,1-5H3,(H,27,31). The SMILES string of the molecule is COc1cc(OC)c(NC(=O)Cn2c(=O)n(CC(=O)CC(C)(C)C)c(=O)c3ccccc32)cc1Cl. The number of methoxy groups -OCH3 is 2. The largest absolute Gasteiger partial charge is 0.495 e. The van der Waals surface area contributed by atoms with Crippen molar-refractivity contribution in [3.8, 4) is 11.5 Å². The smallest absolute Gasteiger partial charge is 0.332 e. The van der Waals surface area contributed by atoms with Crippen molar-refractivity contribution >= 4 is 39.9 Å². The lowest BCUT2D eigenvalue weighted by Crippen LogP contribution is -2.43. The van der Waals surface area contributed by atoms with Gasteiger partial charge in [-0.3, -0.25) is 23.5 Å². The minimum absolute atomic E-state index is 0.199. The Hall–Kier alpha value is -3.59. The van der Waals surface area contributed by atoms with Gasteiger partial charge in [0.25, 0.3) is 5.56 Å². The number of carbonyl (C=O) groups is 2. The van der Waals surface area contributed by atoms with Gasteiger partial charge in [0, 0.05) is 12.5 Å². The van der Waals surface area contributed by atoms with Gasteiger partial charge in [-0.05, 0) is 23.6 Å². The maximum absolute atomic E-state index is 13.3.